The fourth-order valence-corrected chi connectivity index (χ4v) is 1.57. The van der Waals surface area contributed by atoms with Crippen LogP contribution in [-0.2, 0) is 7.05 Å². The molecule has 4 heteroatoms. The highest BCUT2D eigenvalue weighted by molar-refractivity contribution is 6.01. The molecule has 2 rings (SSSR count). The predicted molar refractivity (Wildman–Crippen MR) is 49.9 cm³/mol. The molecule has 0 radical (unpaired) electrons. The van der Waals surface area contributed by atoms with Crippen LogP contribution in [0.5, 0.6) is 5.75 Å². The number of carbonyl (C=O) groups is 1. The molecule has 0 atom stereocenters. The van der Waals surface area contributed by atoms with Gasteiger partial charge >= 0.3 is 0 Å². The number of hydrogen-bond donors (Lipinski definition) is 1. The number of phenolic OH excluding ortho intramolecular Hbond substituents is 1. The Morgan fingerprint density at radius 1 is 1.50 bits per heavy atom. The lowest BCUT2D eigenvalue weighted by Gasteiger charge is -1.99. The molecule has 0 saturated carbocycles. The fraction of sp³-hybridized carbons (Fsp3) is 0.100. The molecule has 3 nitrogen and oxygen atoms in total. The first kappa shape index (κ1) is 8.74. The highest BCUT2D eigenvalue weighted by Gasteiger charge is 2.13. The lowest BCUT2D eigenvalue weighted by molar-refractivity contribution is 0.112. The van der Waals surface area contributed by atoms with Crippen molar-refractivity contribution in [2.24, 2.45) is 7.05 Å². The summed E-state index contributed by atoms with van der Waals surface area (Å²) in [5.41, 5.74) is 0.922. The van der Waals surface area contributed by atoms with Crippen molar-refractivity contribution in [2.75, 3.05) is 0 Å². The van der Waals surface area contributed by atoms with Gasteiger partial charge in [-0.1, -0.05) is 0 Å². The highest BCUT2D eigenvalue weighted by atomic mass is 19.1. The lowest BCUT2D eigenvalue weighted by Crippen LogP contribution is -1.84. The van der Waals surface area contributed by atoms with E-state index in [4.69, 9.17) is 0 Å². The number of nitrogens with zero attached hydrogens (tertiary/aromatic N) is 1. The van der Waals surface area contributed by atoms with Crippen molar-refractivity contribution >= 4 is 17.2 Å². The fourth-order valence-electron chi connectivity index (χ4n) is 1.57. The van der Waals surface area contributed by atoms with Crippen LogP contribution in [0.4, 0.5) is 4.39 Å². The summed E-state index contributed by atoms with van der Waals surface area (Å²) in [6, 6.07) is 2.70. The van der Waals surface area contributed by atoms with Crippen LogP contribution in [-0.4, -0.2) is 16.0 Å². The highest BCUT2D eigenvalue weighted by Crippen LogP contribution is 2.30. The Balaban J connectivity index is 2.98. The first-order chi connectivity index (χ1) is 6.65. The molecule has 14 heavy (non-hydrogen) atoms. The molecule has 1 heterocycles. The summed E-state index contributed by atoms with van der Waals surface area (Å²) in [5, 5.41) is 9.70. The van der Waals surface area contributed by atoms with Crippen LogP contribution in [0.2, 0.25) is 0 Å². The van der Waals surface area contributed by atoms with E-state index in [1.807, 2.05) is 0 Å². The number of phenols is 1. The minimum Gasteiger partial charge on any atom is -0.504 e. The Hall–Kier alpha value is -1.84. The van der Waals surface area contributed by atoms with Crippen molar-refractivity contribution in [1.82, 2.24) is 4.57 Å². The van der Waals surface area contributed by atoms with Crippen molar-refractivity contribution in [3.8, 4) is 5.75 Å². The Morgan fingerprint density at radius 2 is 2.21 bits per heavy atom. The number of aromatic nitrogens is 1. The van der Waals surface area contributed by atoms with Crippen molar-refractivity contribution in [1.29, 1.82) is 0 Å². The van der Waals surface area contributed by atoms with Crippen LogP contribution < -0.4 is 0 Å². The van der Waals surface area contributed by atoms with Crippen LogP contribution in [0.1, 0.15) is 10.4 Å². The molecule has 1 aromatic heterocycles. The van der Waals surface area contributed by atoms with E-state index in [1.54, 1.807) is 17.8 Å². The number of aryl methyl sites for hydroxylation is 1. The van der Waals surface area contributed by atoms with E-state index in [-0.39, 0.29) is 5.39 Å². The van der Waals surface area contributed by atoms with Gasteiger partial charge in [-0.05, 0) is 12.1 Å². The average molecular weight is 193 g/mol. The molecule has 72 valence electrons. The molecule has 0 bridgehead atoms. The number of rotatable bonds is 1. The number of hydrogen-bond acceptors (Lipinski definition) is 2. The van der Waals surface area contributed by atoms with Crippen molar-refractivity contribution < 1.29 is 14.3 Å². The van der Waals surface area contributed by atoms with Gasteiger partial charge in [0.1, 0.15) is 0 Å². The van der Waals surface area contributed by atoms with Crippen LogP contribution in [0.25, 0.3) is 10.9 Å². The molecule has 1 aromatic carbocycles. The number of benzene rings is 1. The van der Waals surface area contributed by atoms with Crippen LogP contribution >= 0.6 is 0 Å². The first-order valence-electron chi connectivity index (χ1n) is 4.07. The molecule has 0 spiro atoms. The molecule has 0 amide bonds. The third-order valence-corrected chi connectivity index (χ3v) is 2.24. The number of fused-ring (bicyclic) bond motifs is 1. The third-order valence-electron chi connectivity index (χ3n) is 2.24. The Kier molecular flexibility index (Phi) is 1.77. The van der Waals surface area contributed by atoms with Gasteiger partial charge in [-0.3, -0.25) is 4.79 Å². The first-order valence-corrected chi connectivity index (χ1v) is 4.07. The molecule has 0 saturated heterocycles. The predicted octanol–water partition coefficient (Wildman–Crippen LogP) is 1.84. The van der Waals surface area contributed by atoms with E-state index in [0.29, 0.717) is 17.4 Å². The summed E-state index contributed by atoms with van der Waals surface area (Å²) >= 11 is 0. The summed E-state index contributed by atoms with van der Waals surface area (Å²) < 4.78 is 14.7. The van der Waals surface area contributed by atoms with E-state index in [2.05, 4.69) is 0 Å². The van der Waals surface area contributed by atoms with E-state index in [9.17, 15) is 14.3 Å². The molecule has 2 aromatic rings. The number of aldehydes is 1. The van der Waals surface area contributed by atoms with E-state index >= 15 is 0 Å². The van der Waals surface area contributed by atoms with Gasteiger partial charge < -0.3 is 9.67 Å². The van der Waals surface area contributed by atoms with Crippen LogP contribution in [0.15, 0.2) is 18.3 Å². The maximum absolute atomic E-state index is 13.0. The van der Waals surface area contributed by atoms with E-state index < -0.39 is 11.6 Å². The zero-order valence-electron chi connectivity index (χ0n) is 7.49. The molecule has 0 fully saturated rings. The monoisotopic (exact) mass is 193 g/mol. The molecule has 1 N–H and O–H groups in total. The van der Waals surface area contributed by atoms with Gasteiger partial charge in [0.15, 0.2) is 17.9 Å². The Morgan fingerprint density at radius 3 is 2.86 bits per heavy atom. The van der Waals surface area contributed by atoms with Gasteiger partial charge in [0.25, 0.3) is 0 Å². The minimum atomic E-state index is -0.716. The quantitative estimate of drug-likeness (QED) is 0.702. The second-order valence-corrected chi connectivity index (χ2v) is 3.10. The van der Waals surface area contributed by atoms with Gasteiger partial charge in [0.2, 0.25) is 0 Å². The van der Waals surface area contributed by atoms with Crippen LogP contribution in [0.3, 0.4) is 0 Å². The smallest absolute Gasteiger partial charge is 0.165 e. The summed E-state index contributed by atoms with van der Waals surface area (Å²) in [7, 11) is 1.73. The zero-order valence-corrected chi connectivity index (χ0v) is 7.49. The Bertz CT molecular complexity index is 516. The molecular weight excluding hydrogens is 185 g/mol. The number of aromatic hydroxyl groups is 1. The van der Waals surface area contributed by atoms with Gasteiger partial charge in [-0.15, -0.1) is 0 Å². The summed E-state index contributed by atoms with van der Waals surface area (Å²) in [6.07, 6.45) is 2.15. The SMILES string of the molecule is Cn1cc(C=O)c2c(O)c(F)ccc21. The minimum absolute atomic E-state index is 0.266. The van der Waals surface area contributed by atoms with Crippen molar-refractivity contribution in [2.45, 2.75) is 0 Å². The van der Waals surface area contributed by atoms with Gasteiger partial charge in [0, 0.05) is 18.8 Å². The maximum Gasteiger partial charge on any atom is 0.165 e. The molecular formula is C10H8FNO2. The molecule has 0 aliphatic heterocycles. The van der Waals surface area contributed by atoms with Crippen molar-refractivity contribution in [3.05, 3.63) is 29.7 Å². The Labute approximate surface area is 79.4 Å². The standard InChI is InChI=1S/C10H8FNO2/c1-12-4-6(5-13)9-8(12)3-2-7(11)10(9)14/h2-5,14H,1H3. The second kappa shape index (κ2) is 2.83. The van der Waals surface area contributed by atoms with E-state index in [0.717, 1.165) is 0 Å². The summed E-state index contributed by atoms with van der Waals surface area (Å²) in [4.78, 5) is 10.7. The maximum atomic E-state index is 13.0. The molecule has 0 aliphatic carbocycles. The van der Waals surface area contributed by atoms with Gasteiger partial charge in [0.05, 0.1) is 10.9 Å². The molecule has 0 aliphatic rings. The lowest BCUT2D eigenvalue weighted by atomic mass is 10.1. The molecule has 0 unspecified atom stereocenters. The van der Waals surface area contributed by atoms with Gasteiger partial charge in [-0.2, -0.15) is 0 Å². The van der Waals surface area contributed by atoms with Crippen molar-refractivity contribution in [3.63, 3.8) is 0 Å². The second-order valence-electron chi connectivity index (χ2n) is 3.10. The normalized spacial score (nSPS) is 10.7. The number of halogens is 1. The van der Waals surface area contributed by atoms with Crippen LogP contribution in [0, 0.1) is 5.82 Å². The zero-order chi connectivity index (χ0) is 10.3. The van der Waals surface area contributed by atoms with Gasteiger partial charge in [-0.25, -0.2) is 4.39 Å². The van der Waals surface area contributed by atoms with E-state index in [1.165, 1.54) is 12.1 Å². The number of carbonyl (C=O) groups excluding carboxylic acids is 1. The third kappa shape index (κ3) is 1.00. The average Bonchev–Trinajstić information content (AvgIpc) is 2.50. The largest absolute Gasteiger partial charge is 0.504 e. The topological polar surface area (TPSA) is 42.2 Å². The summed E-state index contributed by atoms with van der Waals surface area (Å²) in [5.74, 6) is -1.18. The summed E-state index contributed by atoms with van der Waals surface area (Å²) in [6.45, 7) is 0.